The first-order valence-corrected chi connectivity index (χ1v) is 9.52. The number of fused-ring (bicyclic) bond motifs is 1. The van der Waals surface area contributed by atoms with Gasteiger partial charge >= 0.3 is 0 Å². The largest absolute Gasteiger partial charge is 0.317 e. The van der Waals surface area contributed by atoms with Gasteiger partial charge in [-0.2, -0.15) is 5.10 Å². The second-order valence-corrected chi connectivity index (χ2v) is 6.92. The number of para-hydroxylation sites is 1. The van der Waals surface area contributed by atoms with Gasteiger partial charge in [-0.3, -0.25) is 9.89 Å². The Morgan fingerprint density at radius 1 is 0.967 bits per heavy atom. The minimum absolute atomic E-state index is 0.0888. The molecule has 0 aliphatic heterocycles. The van der Waals surface area contributed by atoms with Crippen LogP contribution in [0.5, 0.6) is 0 Å². The third kappa shape index (κ3) is 3.12. The van der Waals surface area contributed by atoms with Crippen LogP contribution in [0.25, 0.3) is 28.0 Å². The van der Waals surface area contributed by atoms with Crippen LogP contribution in [-0.4, -0.2) is 30.9 Å². The van der Waals surface area contributed by atoms with Gasteiger partial charge in [0, 0.05) is 10.9 Å². The van der Waals surface area contributed by atoms with E-state index in [1.807, 2.05) is 79.7 Å². The number of anilines is 1. The second-order valence-electron chi connectivity index (χ2n) is 6.92. The van der Waals surface area contributed by atoms with Gasteiger partial charge in [0.2, 0.25) is 5.82 Å². The van der Waals surface area contributed by atoms with Crippen LogP contribution >= 0.6 is 0 Å². The lowest BCUT2D eigenvalue weighted by atomic mass is 10.1. The van der Waals surface area contributed by atoms with Crippen LogP contribution in [0.4, 0.5) is 5.69 Å². The molecular weight excluding hydrogens is 376 g/mol. The van der Waals surface area contributed by atoms with Gasteiger partial charge in [-0.05, 0) is 30.7 Å². The minimum Gasteiger partial charge on any atom is -0.317 e. The van der Waals surface area contributed by atoms with E-state index in [-0.39, 0.29) is 11.7 Å². The van der Waals surface area contributed by atoms with Crippen molar-refractivity contribution in [2.75, 3.05) is 5.32 Å². The summed E-state index contributed by atoms with van der Waals surface area (Å²) in [7, 11) is 0. The van der Waals surface area contributed by atoms with Crippen LogP contribution in [0.1, 0.15) is 16.2 Å². The summed E-state index contributed by atoms with van der Waals surface area (Å²) in [5.74, 6) is 0.301. The molecule has 5 rings (SSSR count). The first-order chi connectivity index (χ1) is 14.7. The molecule has 2 N–H and O–H groups in total. The second kappa shape index (κ2) is 7.29. The lowest BCUT2D eigenvalue weighted by Crippen LogP contribution is -2.14. The number of nitrogens with zero attached hydrogens (tertiary/aromatic N) is 4. The van der Waals surface area contributed by atoms with Gasteiger partial charge in [-0.25, -0.2) is 9.67 Å². The van der Waals surface area contributed by atoms with Crippen LogP contribution < -0.4 is 5.32 Å². The molecule has 3 aromatic carbocycles. The Morgan fingerprint density at radius 2 is 1.70 bits per heavy atom. The number of rotatable bonds is 4. The number of hydrogen-bond acceptors (Lipinski definition) is 4. The quantitative estimate of drug-likeness (QED) is 0.474. The number of carbonyl (C=O) groups excluding carboxylic acids is 1. The van der Waals surface area contributed by atoms with Crippen LogP contribution in [0, 0.1) is 6.92 Å². The van der Waals surface area contributed by atoms with Crippen molar-refractivity contribution in [3.8, 4) is 17.1 Å². The molecule has 7 nitrogen and oxygen atoms in total. The number of amides is 1. The molecule has 7 heteroatoms. The Morgan fingerprint density at radius 3 is 2.47 bits per heavy atom. The predicted molar refractivity (Wildman–Crippen MR) is 116 cm³/mol. The molecule has 0 atom stereocenters. The van der Waals surface area contributed by atoms with Gasteiger partial charge in [0.1, 0.15) is 0 Å². The fraction of sp³-hybridized carbons (Fsp3) is 0.0435. The average molecular weight is 394 g/mol. The third-order valence-electron chi connectivity index (χ3n) is 4.92. The van der Waals surface area contributed by atoms with Crippen molar-refractivity contribution in [1.29, 1.82) is 0 Å². The standard InChI is InChI=1S/C23H18N6O/c1-15-12-13-19(20-18(15)14-24-27-20)25-23(30)21-26-22(16-8-4-2-5-9-16)29(28-21)17-10-6-3-7-11-17/h2-14H,1H3,(H,24,27)(H,25,30). The van der Waals surface area contributed by atoms with E-state index >= 15 is 0 Å². The molecule has 2 aromatic heterocycles. The van der Waals surface area contributed by atoms with Crippen molar-refractivity contribution in [3.05, 3.63) is 90.4 Å². The number of nitrogens with one attached hydrogen (secondary N) is 2. The SMILES string of the molecule is Cc1ccc(NC(=O)c2nc(-c3ccccc3)n(-c3ccccc3)n2)c2[nH]ncc12. The summed E-state index contributed by atoms with van der Waals surface area (Å²) < 4.78 is 1.69. The Bertz CT molecular complexity index is 1280. The summed E-state index contributed by atoms with van der Waals surface area (Å²) in [5, 5.41) is 15.4. The number of hydrogen-bond donors (Lipinski definition) is 2. The van der Waals surface area contributed by atoms with Gasteiger partial charge in [0.15, 0.2) is 5.82 Å². The molecule has 0 spiro atoms. The summed E-state index contributed by atoms with van der Waals surface area (Å²) >= 11 is 0. The van der Waals surface area contributed by atoms with Crippen molar-refractivity contribution in [2.24, 2.45) is 0 Å². The smallest absolute Gasteiger partial charge is 0.295 e. The van der Waals surface area contributed by atoms with Crippen molar-refractivity contribution in [1.82, 2.24) is 25.0 Å². The number of aromatic nitrogens is 5. The molecular formula is C23H18N6O. The Balaban J connectivity index is 1.56. The highest BCUT2D eigenvalue weighted by Crippen LogP contribution is 2.25. The molecule has 0 saturated heterocycles. The maximum absolute atomic E-state index is 13.0. The summed E-state index contributed by atoms with van der Waals surface area (Å²) in [6.45, 7) is 2.00. The normalized spacial score (nSPS) is 11.0. The molecule has 146 valence electrons. The van der Waals surface area contributed by atoms with Gasteiger partial charge in [0.05, 0.1) is 23.1 Å². The highest BCUT2D eigenvalue weighted by molar-refractivity contribution is 6.07. The molecule has 0 radical (unpaired) electrons. The van der Waals surface area contributed by atoms with E-state index in [9.17, 15) is 4.79 Å². The highest BCUT2D eigenvalue weighted by atomic mass is 16.2. The van der Waals surface area contributed by atoms with Gasteiger partial charge in [-0.15, -0.1) is 5.10 Å². The predicted octanol–water partition coefficient (Wildman–Crippen LogP) is 4.37. The molecule has 1 amide bonds. The van der Waals surface area contributed by atoms with Crippen molar-refractivity contribution >= 4 is 22.5 Å². The maximum atomic E-state index is 13.0. The molecule has 2 heterocycles. The zero-order valence-corrected chi connectivity index (χ0v) is 16.2. The van der Waals surface area contributed by atoms with Crippen molar-refractivity contribution < 1.29 is 4.79 Å². The zero-order chi connectivity index (χ0) is 20.5. The van der Waals surface area contributed by atoms with Crippen LogP contribution in [-0.2, 0) is 0 Å². The van der Waals surface area contributed by atoms with E-state index in [0.717, 1.165) is 27.7 Å². The minimum atomic E-state index is -0.387. The van der Waals surface area contributed by atoms with E-state index in [0.29, 0.717) is 11.5 Å². The Labute approximate surface area is 172 Å². The molecule has 0 unspecified atom stereocenters. The summed E-state index contributed by atoms with van der Waals surface area (Å²) in [5.41, 5.74) is 4.19. The topological polar surface area (TPSA) is 88.5 Å². The number of H-pyrrole nitrogens is 1. The molecule has 0 aliphatic carbocycles. The summed E-state index contributed by atoms with van der Waals surface area (Å²) in [4.78, 5) is 17.6. The third-order valence-corrected chi connectivity index (χ3v) is 4.92. The molecule has 0 aliphatic rings. The first kappa shape index (κ1) is 17.8. The van der Waals surface area contributed by atoms with Gasteiger partial charge in [0.25, 0.3) is 5.91 Å². The van der Waals surface area contributed by atoms with E-state index in [2.05, 4.69) is 25.6 Å². The molecule has 5 aromatic rings. The van der Waals surface area contributed by atoms with Crippen LogP contribution in [0.15, 0.2) is 79.0 Å². The average Bonchev–Trinajstić information content (AvgIpc) is 3.45. The number of aryl methyl sites for hydroxylation is 1. The molecule has 0 saturated carbocycles. The molecule has 0 bridgehead atoms. The zero-order valence-electron chi connectivity index (χ0n) is 16.2. The monoisotopic (exact) mass is 394 g/mol. The Kier molecular flexibility index (Phi) is 4.33. The Hall–Kier alpha value is -4.26. The van der Waals surface area contributed by atoms with E-state index < -0.39 is 0 Å². The van der Waals surface area contributed by atoms with Crippen LogP contribution in [0.3, 0.4) is 0 Å². The van der Waals surface area contributed by atoms with E-state index in [4.69, 9.17) is 0 Å². The summed E-state index contributed by atoms with van der Waals surface area (Å²) in [6, 6.07) is 23.1. The summed E-state index contributed by atoms with van der Waals surface area (Å²) in [6.07, 6.45) is 1.75. The number of aromatic amines is 1. The van der Waals surface area contributed by atoms with E-state index in [1.54, 1.807) is 10.9 Å². The van der Waals surface area contributed by atoms with E-state index in [1.165, 1.54) is 0 Å². The number of benzene rings is 3. The van der Waals surface area contributed by atoms with Gasteiger partial charge < -0.3 is 5.32 Å². The number of carbonyl (C=O) groups is 1. The maximum Gasteiger partial charge on any atom is 0.295 e. The lowest BCUT2D eigenvalue weighted by molar-refractivity contribution is 0.101. The fourth-order valence-corrected chi connectivity index (χ4v) is 3.39. The highest BCUT2D eigenvalue weighted by Gasteiger charge is 2.20. The van der Waals surface area contributed by atoms with Crippen molar-refractivity contribution in [3.63, 3.8) is 0 Å². The first-order valence-electron chi connectivity index (χ1n) is 9.52. The molecule has 30 heavy (non-hydrogen) atoms. The fourth-order valence-electron chi connectivity index (χ4n) is 3.39. The molecule has 0 fully saturated rings. The lowest BCUT2D eigenvalue weighted by Gasteiger charge is -2.05. The van der Waals surface area contributed by atoms with Crippen molar-refractivity contribution in [2.45, 2.75) is 6.92 Å². The van der Waals surface area contributed by atoms with Crippen LogP contribution in [0.2, 0.25) is 0 Å². The van der Waals surface area contributed by atoms with Gasteiger partial charge in [-0.1, -0.05) is 54.6 Å².